The van der Waals surface area contributed by atoms with Gasteiger partial charge in [-0.1, -0.05) is 38.0 Å². The second kappa shape index (κ2) is 9.39. The Morgan fingerprint density at radius 1 is 1.33 bits per heavy atom. The average molecular weight is 212 g/mol. The van der Waals surface area contributed by atoms with Crippen LogP contribution in [0.5, 0.6) is 0 Å². The summed E-state index contributed by atoms with van der Waals surface area (Å²) >= 11 is 0. The minimum Gasteiger partial charge on any atom is -0.438 e. The van der Waals surface area contributed by atoms with Crippen LogP contribution in [0.1, 0.15) is 46.0 Å². The maximum absolute atomic E-state index is 10.7. The van der Waals surface area contributed by atoms with Crippen LogP contribution in [0.25, 0.3) is 0 Å². The van der Waals surface area contributed by atoms with Crippen LogP contribution in [0.3, 0.4) is 0 Å². The zero-order valence-electron chi connectivity index (χ0n) is 9.84. The monoisotopic (exact) mass is 212 g/mol. The predicted octanol–water partition coefficient (Wildman–Crippen LogP) is 3.13. The van der Waals surface area contributed by atoms with Gasteiger partial charge < -0.3 is 9.47 Å². The summed E-state index contributed by atoms with van der Waals surface area (Å²) in [4.78, 5) is 10.7. The van der Waals surface area contributed by atoms with Gasteiger partial charge in [0.25, 0.3) is 0 Å². The number of carbonyl (C=O) groups is 1. The number of hydrogen-bond acceptors (Lipinski definition) is 3. The molecule has 0 rings (SSSR count). The molecule has 86 valence electrons. The third-order valence-corrected chi connectivity index (χ3v) is 1.90. The lowest BCUT2D eigenvalue weighted by atomic mass is 10.1. The van der Waals surface area contributed by atoms with E-state index in [1.54, 1.807) is 6.92 Å². The molecule has 0 aromatic heterocycles. The van der Waals surface area contributed by atoms with E-state index in [4.69, 9.17) is 4.74 Å². The Hall–Kier alpha value is -1.17. The number of hydrogen-bond donors (Lipinski definition) is 0. The van der Waals surface area contributed by atoms with Gasteiger partial charge in [0.2, 0.25) is 0 Å². The SMILES string of the molecule is CCCCCCC#C[C@H](C)OC(=O)OC. The van der Waals surface area contributed by atoms with Crippen molar-refractivity contribution in [1.82, 2.24) is 0 Å². The zero-order chi connectivity index (χ0) is 11.5. The molecule has 0 unspecified atom stereocenters. The summed E-state index contributed by atoms with van der Waals surface area (Å²) in [6.45, 7) is 3.91. The van der Waals surface area contributed by atoms with E-state index in [1.807, 2.05) is 0 Å². The molecule has 0 fully saturated rings. The van der Waals surface area contributed by atoms with Gasteiger partial charge in [-0.25, -0.2) is 4.79 Å². The molecule has 0 saturated carbocycles. The Kier molecular flexibility index (Phi) is 8.66. The molecule has 0 saturated heterocycles. The molecule has 0 aliphatic carbocycles. The van der Waals surface area contributed by atoms with Gasteiger partial charge in [-0.15, -0.1) is 0 Å². The van der Waals surface area contributed by atoms with Gasteiger partial charge in [-0.05, 0) is 13.3 Å². The van der Waals surface area contributed by atoms with Crippen molar-refractivity contribution in [3.8, 4) is 11.8 Å². The van der Waals surface area contributed by atoms with Crippen molar-refractivity contribution in [2.24, 2.45) is 0 Å². The second-order valence-corrected chi connectivity index (χ2v) is 3.35. The van der Waals surface area contributed by atoms with E-state index in [2.05, 4.69) is 23.5 Å². The van der Waals surface area contributed by atoms with E-state index in [0.717, 1.165) is 12.8 Å². The van der Waals surface area contributed by atoms with Crippen molar-refractivity contribution in [3.63, 3.8) is 0 Å². The lowest BCUT2D eigenvalue weighted by molar-refractivity contribution is 0.0604. The zero-order valence-corrected chi connectivity index (χ0v) is 9.84. The van der Waals surface area contributed by atoms with Gasteiger partial charge >= 0.3 is 6.16 Å². The smallest absolute Gasteiger partial charge is 0.438 e. The fourth-order valence-electron chi connectivity index (χ4n) is 1.08. The molecule has 0 radical (unpaired) electrons. The Morgan fingerprint density at radius 3 is 2.67 bits per heavy atom. The van der Waals surface area contributed by atoms with E-state index in [9.17, 15) is 4.79 Å². The summed E-state index contributed by atoms with van der Waals surface area (Å²) in [6.07, 6.45) is 4.63. The first-order valence-corrected chi connectivity index (χ1v) is 5.43. The highest BCUT2D eigenvalue weighted by atomic mass is 16.7. The van der Waals surface area contributed by atoms with Crippen molar-refractivity contribution in [2.45, 2.75) is 52.1 Å². The van der Waals surface area contributed by atoms with Crippen LogP contribution >= 0.6 is 0 Å². The summed E-state index contributed by atoms with van der Waals surface area (Å²) in [5.74, 6) is 5.84. The van der Waals surface area contributed by atoms with Gasteiger partial charge in [0, 0.05) is 6.42 Å². The van der Waals surface area contributed by atoms with Crippen molar-refractivity contribution in [2.75, 3.05) is 7.11 Å². The van der Waals surface area contributed by atoms with Gasteiger partial charge in [-0.3, -0.25) is 0 Å². The quantitative estimate of drug-likeness (QED) is 0.399. The topological polar surface area (TPSA) is 35.5 Å². The van der Waals surface area contributed by atoms with Crippen LogP contribution in [0.2, 0.25) is 0 Å². The Morgan fingerprint density at radius 2 is 2.07 bits per heavy atom. The second-order valence-electron chi connectivity index (χ2n) is 3.35. The number of ether oxygens (including phenoxy) is 2. The normalized spacial score (nSPS) is 11.1. The summed E-state index contributed by atoms with van der Waals surface area (Å²) in [6, 6.07) is 0. The highest BCUT2D eigenvalue weighted by Gasteiger charge is 2.04. The minimum absolute atomic E-state index is 0.386. The number of unbranched alkanes of at least 4 members (excludes halogenated alkanes) is 4. The van der Waals surface area contributed by atoms with Gasteiger partial charge in [-0.2, -0.15) is 0 Å². The first kappa shape index (κ1) is 13.8. The summed E-state index contributed by atoms with van der Waals surface area (Å²) in [7, 11) is 1.28. The molecule has 1 atom stereocenters. The number of carbonyl (C=O) groups excluding carboxylic acids is 1. The lowest BCUT2D eigenvalue weighted by Gasteiger charge is -2.04. The van der Waals surface area contributed by atoms with Crippen LogP contribution in [0.4, 0.5) is 4.79 Å². The predicted molar refractivity (Wildman–Crippen MR) is 59.5 cm³/mol. The van der Waals surface area contributed by atoms with E-state index in [1.165, 1.54) is 26.4 Å². The minimum atomic E-state index is -0.678. The van der Waals surface area contributed by atoms with Crippen molar-refractivity contribution >= 4 is 6.16 Å². The lowest BCUT2D eigenvalue weighted by Crippen LogP contribution is -2.12. The third-order valence-electron chi connectivity index (χ3n) is 1.90. The summed E-state index contributed by atoms with van der Waals surface area (Å²) in [5.41, 5.74) is 0. The van der Waals surface area contributed by atoms with Crippen LogP contribution in [-0.2, 0) is 9.47 Å². The molecule has 0 amide bonds. The molecule has 3 heteroatoms. The fourth-order valence-corrected chi connectivity index (χ4v) is 1.08. The molecular weight excluding hydrogens is 192 g/mol. The summed E-state index contributed by atoms with van der Waals surface area (Å²) < 4.78 is 9.14. The number of rotatable bonds is 5. The maximum atomic E-state index is 10.7. The van der Waals surface area contributed by atoms with E-state index in [0.29, 0.717) is 0 Å². The van der Waals surface area contributed by atoms with E-state index >= 15 is 0 Å². The third kappa shape index (κ3) is 9.14. The van der Waals surface area contributed by atoms with Crippen LogP contribution < -0.4 is 0 Å². The van der Waals surface area contributed by atoms with Gasteiger partial charge in [0.05, 0.1) is 7.11 Å². The van der Waals surface area contributed by atoms with Crippen molar-refractivity contribution in [1.29, 1.82) is 0 Å². The van der Waals surface area contributed by atoms with E-state index in [-0.39, 0.29) is 6.10 Å². The summed E-state index contributed by atoms with van der Waals surface area (Å²) in [5, 5.41) is 0. The molecule has 0 spiro atoms. The molecule has 15 heavy (non-hydrogen) atoms. The molecule has 0 aliphatic rings. The Balaban J connectivity index is 3.53. The maximum Gasteiger partial charge on any atom is 0.509 e. The van der Waals surface area contributed by atoms with E-state index < -0.39 is 6.16 Å². The molecule has 0 aliphatic heterocycles. The molecule has 0 heterocycles. The molecular formula is C12H20O3. The van der Waals surface area contributed by atoms with Crippen molar-refractivity contribution < 1.29 is 14.3 Å². The number of methoxy groups -OCH3 is 1. The standard InChI is InChI=1S/C12H20O3/c1-4-5-6-7-8-9-10-11(2)15-12(13)14-3/h11H,4-8H2,1-3H3/t11-/m0/s1. The van der Waals surface area contributed by atoms with Crippen molar-refractivity contribution in [3.05, 3.63) is 0 Å². The first-order chi connectivity index (χ1) is 7.20. The molecule has 0 N–H and O–H groups in total. The fraction of sp³-hybridized carbons (Fsp3) is 0.750. The van der Waals surface area contributed by atoms with Crippen LogP contribution in [0, 0.1) is 11.8 Å². The Labute approximate surface area is 92.1 Å². The van der Waals surface area contributed by atoms with Crippen LogP contribution in [-0.4, -0.2) is 19.4 Å². The van der Waals surface area contributed by atoms with Crippen LogP contribution in [0.15, 0.2) is 0 Å². The molecule has 0 aromatic carbocycles. The molecule has 0 aromatic rings. The Bertz CT molecular complexity index is 225. The molecule has 0 bridgehead atoms. The highest BCUT2D eigenvalue weighted by molar-refractivity contribution is 5.60. The highest BCUT2D eigenvalue weighted by Crippen LogP contribution is 2.01. The van der Waals surface area contributed by atoms with Gasteiger partial charge in [0.15, 0.2) is 6.10 Å². The largest absolute Gasteiger partial charge is 0.509 e. The van der Waals surface area contributed by atoms with Gasteiger partial charge in [0.1, 0.15) is 0 Å². The molecule has 3 nitrogen and oxygen atoms in total. The average Bonchev–Trinajstić information content (AvgIpc) is 2.23. The first-order valence-electron chi connectivity index (χ1n) is 5.43.